The molecule has 1 aliphatic heterocycles. The number of hydrogen-bond acceptors (Lipinski definition) is 8. The monoisotopic (exact) mass is 492 g/mol. The third kappa shape index (κ3) is 4.17. The van der Waals surface area contributed by atoms with Gasteiger partial charge in [-0.05, 0) is 44.8 Å². The van der Waals surface area contributed by atoms with Crippen LogP contribution in [0.3, 0.4) is 0 Å². The Balaban J connectivity index is 1.31. The van der Waals surface area contributed by atoms with Crippen molar-refractivity contribution in [2.24, 2.45) is 0 Å². The zero-order chi connectivity index (χ0) is 25.5. The van der Waals surface area contributed by atoms with Crippen molar-refractivity contribution in [3.8, 4) is 45.3 Å². The molecule has 0 bridgehead atoms. The Morgan fingerprint density at radius 1 is 0.838 bits per heavy atom. The van der Waals surface area contributed by atoms with Gasteiger partial charge in [0, 0.05) is 36.8 Å². The molecule has 0 aliphatic carbocycles. The SMILES string of the molecule is Cc1onc(-c2ccccc2)c1-c1nnc2n1Cc1ccc(-c3ccc(N(C)CCN(C)C)nn3)cc1-2. The van der Waals surface area contributed by atoms with Gasteiger partial charge in [-0.15, -0.1) is 20.4 Å². The van der Waals surface area contributed by atoms with Crippen LogP contribution in [0.1, 0.15) is 11.3 Å². The van der Waals surface area contributed by atoms with Gasteiger partial charge >= 0.3 is 0 Å². The maximum Gasteiger partial charge on any atom is 0.170 e. The van der Waals surface area contributed by atoms with E-state index >= 15 is 0 Å². The Kier molecular flexibility index (Phi) is 5.77. The second-order valence-electron chi connectivity index (χ2n) is 9.64. The lowest BCUT2D eigenvalue weighted by Crippen LogP contribution is -2.29. The third-order valence-electron chi connectivity index (χ3n) is 6.78. The molecule has 0 fully saturated rings. The van der Waals surface area contributed by atoms with Crippen molar-refractivity contribution < 1.29 is 4.52 Å². The number of nitrogens with zero attached hydrogens (tertiary/aromatic N) is 8. The Bertz CT molecular complexity index is 1550. The molecule has 3 aromatic heterocycles. The molecule has 9 heteroatoms. The topological polar surface area (TPSA) is 89.0 Å². The molecule has 0 unspecified atom stereocenters. The lowest BCUT2D eigenvalue weighted by molar-refractivity contribution is 0.400. The highest BCUT2D eigenvalue weighted by Gasteiger charge is 2.29. The number of anilines is 1. The number of benzene rings is 2. The van der Waals surface area contributed by atoms with Crippen LogP contribution in [-0.2, 0) is 6.54 Å². The van der Waals surface area contributed by atoms with E-state index in [-0.39, 0.29) is 0 Å². The summed E-state index contributed by atoms with van der Waals surface area (Å²) in [5, 5.41) is 22.4. The van der Waals surface area contributed by atoms with E-state index in [2.05, 4.69) is 72.2 Å². The highest BCUT2D eigenvalue weighted by molar-refractivity contribution is 5.81. The Hall–Kier alpha value is -4.37. The Labute approximate surface area is 215 Å². The van der Waals surface area contributed by atoms with E-state index in [0.717, 1.165) is 70.0 Å². The molecule has 9 nitrogen and oxygen atoms in total. The van der Waals surface area contributed by atoms with Crippen molar-refractivity contribution in [2.45, 2.75) is 13.5 Å². The summed E-state index contributed by atoms with van der Waals surface area (Å²) in [4.78, 5) is 4.26. The first-order valence-corrected chi connectivity index (χ1v) is 12.3. The van der Waals surface area contributed by atoms with Gasteiger partial charge in [-0.2, -0.15) is 0 Å². The fourth-order valence-corrected chi connectivity index (χ4v) is 4.67. The first-order chi connectivity index (χ1) is 18.0. The summed E-state index contributed by atoms with van der Waals surface area (Å²) >= 11 is 0. The van der Waals surface area contributed by atoms with Gasteiger partial charge in [-0.25, -0.2) is 0 Å². The van der Waals surface area contributed by atoms with E-state index in [0.29, 0.717) is 6.54 Å². The molecule has 0 N–H and O–H groups in total. The second kappa shape index (κ2) is 9.25. The largest absolute Gasteiger partial charge is 0.360 e. The quantitative estimate of drug-likeness (QED) is 0.324. The van der Waals surface area contributed by atoms with Crippen LogP contribution in [0, 0.1) is 6.92 Å². The summed E-state index contributed by atoms with van der Waals surface area (Å²) in [5.41, 5.74) is 6.70. The van der Waals surface area contributed by atoms with Crippen LogP contribution in [0.15, 0.2) is 65.2 Å². The van der Waals surface area contributed by atoms with Crippen molar-refractivity contribution in [1.29, 1.82) is 0 Å². The molecule has 0 spiro atoms. The van der Waals surface area contributed by atoms with Crippen LogP contribution >= 0.6 is 0 Å². The van der Waals surface area contributed by atoms with Crippen molar-refractivity contribution in [3.05, 3.63) is 72.0 Å². The minimum atomic E-state index is 0.688. The minimum absolute atomic E-state index is 0.688. The first-order valence-electron chi connectivity index (χ1n) is 12.3. The van der Waals surface area contributed by atoms with Gasteiger partial charge in [0.2, 0.25) is 0 Å². The zero-order valence-corrected chi connectivity index (χ0v) is 21.4. The predicted octanol–water partition coefficient (Wildman–Crippen LogP) is 4.39. The molecule has 5 aromatic rings. The first kappa shape index (κ1) is 23.1. The average molecular weight is 493 g/mol. The van der Waals surface area contributed by atoms with Gasteiger partial charge < -0.3 is 18.9 Å². The molecule has 37 heavy (non-hydrogen) atoms. The van der Waals surface area contributed by atoms with Gasteiger partial charge in [0.25, 0.3) is 0 Å². The molecular formula is C28H28N8O. The van der Waals surface area contributed by atoms with Crippen molar-refractivity contribution in [2.75, 3.05) is 39.1 Å². The van der Waals surface area contributed by atoms with Crippen LogP contribution in [0.2, 0.25) is 0 Å². The van der Waals surface area contributed by atoms with Gasteiger partial charge in [0.05, 0.1) is 17.8 Å². The molecule has 0 amide bonds. The van der Waals surface area contributed by atoms with Crippen LogP contribution in [0.5, 0.6) is 0 Å². The highest BCUT2D eigenvalue weighted by Crippen LogP contribution is 2.40. The van der Waals surface area contributed by atoms with E-state index < -0.39 is 0 Å². The second-order valence-corrected chi connectivity index (χ2v) is 9.64. The fourth-order valence-electron chi connectivity index (χ4n) is 4.67. The summed E-state index contributed by atoms with van der Waals surface area (Å²) < 4.78 is 7.72. The van der Waals surface area contributed by atoms with E-state index in [1.54, 1.807) is 0 Å². The van der Waals surface area contributed by atoms with Crippen LogP contribution < -0.4 is 4.90 Å². The van der Waals surface area contributed by atoms with Gasteiger partial charge in [-0.1, -0.05) is 47.6 Å². The van der Waals surface area contributed by atoms with Crippen LogP contribution in [0.4, 0.5) is 5.82 Å². The molecule has 6 rings (SSSR count). The number of aryl methyl sites for hydroxylation is 1. The summed E-state index contributed by atoms with van der Waals surface area (Å²) in [6, 6.07) is 20.4. The standard InChI is InChI=1S/C28H28N8O/c1-18-25(26(33-37-18)19-8-6-5-7-9-19)28-32-31-27-22-16-20(10-11-21(22)17-36(27)28)23-12-13-24(30-29-23)35(4)15-14-34(2)3/h5-13,16H,14-15,17H2,1-4H3. The number of hydrogen-bond donors (Lipinski definition) is 0. The number of likely N-dealkylation sites (N-methyl/N-ethyl adjacent to an activating group) is 2. The van der Waals surface area contributed by atoms with E-state index in [4.69, 9.17) is 4.52 Å². The molecule has 4 heterocycles. The summed E-state index contributed by atoms with van der Waals surface area (Å²) in [6.07, 6.45) is 0. The lowest BCUT2D eigenvalue weighted by Gasteiger charge is -2.20. The van der Waals surface area contributed by atoms with Crippen LogP contribution in [-0.4, -0.2) is 69.3 Å². The van der Waals surface area contributed by atoms with Gasteiger partial charge in [-0.3, -0.25) is 0 Å². The molecule has 186 valence electrons. The summed E-state index contributed by atoms with van der Waals surface area (Å²) in [6.45, 7) is 4.44. The minimum Gasteiger partial charge on any atom is -0.360 e. The third-order valence-corrected chi connectivity index (χ3v) is 6.78. The van der Waals surface area contributed by atoms with Crippen molar-refractivity contribution >= 4 is 5.82 Å². The molecule has 1 aliphatic rings. The Morgan fingerprint density at radius 3 is 2.41 bits per heavy atom. The van der Waals surface area contributed by atoms with Crippen molar-refractivity contribution in [3.63, 3.8) is 0 Å². The smallest absolute Gasteiger partial charge is 0.170 e. The summed E-state index contributed by atoms with van der Waals surface area (Å²) in [7, 11) is 6.17. The highest BCUT2D eigenvalue weighted by atomic mass is 16.5. The lowest BCUT2D eigenvalue weighted by atomic mass is 10.0. The van der Waals surface area contributed by atoms with Gasteiger partial charge in [0.1, 0.15) is 11.5 Å². The molecule has 2 aromatic carbocycles. The average Bonchev–Trinajstić information content (AvgIpc) is 3.61. The Morgan fingerprint density at radius 2 is 1.65 bits per heavy atom. The van der Waals surface area contributed by atoms with E-state index in [1.165, 1.54) is 5.56 Å². The molecule has 0 saturated carbocycles. The van der Waals surface area contributed by atoms with Crippen LogP contribution in [0.25, 0.3) is 45.3 Å². The normalized spacial score (nSPS) is 12.1. The fraction of sp³-hybridized carbons (Fsp3) is 0.250. The molecule has 0 atom stereocenters. The maximum atomic E-state index is 5.59. The van der Waals surface area contributed by atoms with E-state index in [9.17, 15) is 0 Å². The van der Waals surface area contributed by atoms with Gasteiger partial charge in [0.15, 0.2) is 17.5 Å². The molecule has 0 radical (unpaired) electrons. The van der Waals surface area contributed by atoms with E-state index in [1.807, 2.05) is 56.4 Å². The van der Waals surface area contributed by atoms with Crippen molar-refractivity contribution in [1.82, 2.24) is 35.0 Å². The summed E-state index contributed by atoms with van der Waals surface area (Å²) in [5.74, 6) is 3.17. The number of rotatable bonds is 7. The molecular weight excluding hydrogens is 464 g/mol. The predicted molar refractivity (Wildman–Crippen MR) is 143 cm³/mol. The zero-order valence-electron chi connectivity index (χ0n) is 21.4. The number of fused-ring (bicyclic) bond motifs is 3. The number of aromatic nitrogens is 6. The molecule has 0 saturated heterocycles. The maximum absolute atomic E-state index is 5.59.